The molecule has 0 saturated carbocycles. The number of para-hydroxylation sites is 2. The van der Waals surface area contributed by atoms with Gasteiger partial charge in [-0.3, -0.25) is 0 Å². The second-order valence-corrected chi connectivity index (χ2v) is 6.40. The van der Waals surface area contributed by atoms with Crippen LogP contribution in [-0.2, 0) is 0 Å². The Hall–Kier alpha value is -3.84. The van der Waals surface area contributed by atoms with Crippen LogP contribution in [0.2, 0.25) is 0 Å². The molecule has 0 radical (unpaired) electrons. The standard InChI is InChI=1S/C16H14.C12H11N/c1-3-9-15(10-4-1)13-7-8-14-16-11-5-2-6-12-16;1-3-7-11(8-4-1)13-12-9-5-2-6-10-12/h1-14H;1-10,13H. The Morgan fingerprint density at radius 1 is 0.379 bits per heavy atom. The SMILES string of the molecule is C(C=Cc1ccccc1)=Cc1ccccc1.c1ccc(Nc2ccccc2)cc1. The van der Waals surface area contributed by atoms with Crippen molar-refractivity contribution in [1.29, 1.82) is 0 Å². The highest BCUT2D eigenvalue weighted by molar-refractivity contribution is 5.59. The Bertz CT molecular complexity index is 904. The lowest BCUT2D eigenvalue weighted by molar-refractivity contribution is 1.55. The smallest absolute Gasteiger partial charge is 0.0384 e. The topological polar surface area (TPSA) is 12.0 Å². The van der Waals surface area contributed by atoms with E-state index in [9.17, 15) is 0 Å². The molecule has 4 rings (SSSR count). The van der Waals surface area contributed by atoms with E-state index < -0.39 is 0 Å². The summed E-state index contributed by atoms with van der Waals surface area (Å²) in [5, 5.41) is 3.30. The van der Waals surface area contributed by atoms with Crippen LogP contribution in [0.4, 0.5) is 11.4 Å². The third kappa shape index (κ3) is 7.74. The molecule has 1 nitrogen and oxygen atoms in total. The summed E-state index contributed by atoms with van der Waals surface area (Å²) >= 11 is 0. The van der Waals surface area contributed by atoms with E-state index in [2.05, 4.69) is 53.9 Å². The minimum atomic E-state index is 1.12. The van der Waals surface area contributed by atoms with E-state index in [-0.39, 0.29) is 0 Å². The lowest BCUT2D eigenvalue weighted by atomic mass is 10.2. The van der Waals surface area contributed by atoms with Gasteiger partial charge in [0.05, 0.1) is 0 Å². The van der Waals surface area contributed by atoms with Crippen molar-refractivity contribution in [2.24, 2.45) is 0 Å². The van der Waals surface area contributed by atoms with Gasteiger partial charge in [-0.2, -0.15) is 0 Å². The van der Waals surface area contributed by atoms with Crippen molar-refractivity contribution in [3.8, 4) is 0 Å². The Labute approximate surface area is 173 Å². The fourth-order valence-corrected chi connectivity index (χ4v) is 2.67. The zero-order valence-electron chi connectivity index (χ0n) is 16.4. The fraction of sp³-hybridized carbons (Fsp3) is 0. The average Bonchev–Trinajstić information content (AvgIpc) is 2.80. The van der Waals surface area contributed by atoms with Gasteiger partial charge < -0.3 is 5.32 Å². The normalized spacial score (nSPS) is 10.5. The van der Waals surface area contributed by atoms with E-state index in [1.165, 1.54) is 11.1 Å². The molecular weight excluding hydrogens is 350 g/mol. The maximum atomic E-state index is 3.30. The van der Waals surface area contributed by atoms with Crippen molar-refractivity contribution in [3.05, 3.63) is 145 Å². The first-order valence-corrected chi connectivity index (χ1v) is 9.72. The molecule has 0 fully saturated rings. The van der Waals surface area contributed by atoms with Crippen molar-refractivity contribution in [3.63, 3.8) is 0 Å². The first kappa shape index (κ1) is 19.9. The minimum absolute atomic E-state index is 1.12. The van der Waals surface area contributed by atoms with Crippen molar-refractivity contribution in [2.45, 2.75) is 0 Å². The minimum Gasteiger partial charge on any atom is -0.356 e. The summed E-state index contributed by atoms with van der Waals surface area (Å²) in [4.78, 5) is 0. The molecule has 0 aromatic heterocycles. The molecule has 4 aromatic carbocycles. The van der Waals surface area contributed by atoms with Crippen LogP contribution in [0.25, 0.3) is 12.2 Å². The second-order valence-electron chi connectivity index (χ2n) is 6.40. The highest BCUT2D eigenvalue weighted by Gasteiger charge is 1.90. The maximum Gasteiger partial charge on any atom is 0.0384 e. The Morgan fingerprint density at radius 2 is 0.690 bits per heavy atom. The summed E-state index contributed by atoms with van der Waals surface area (Å²) in [5.41, 5.74) is 4.68. The molecule has 1 N–H and O–H groups in total. The lowest BCUT2D eigenvalue weighted by Crippen LogP contribution is -1.87. The second kappa shape index (κ2) is 11.8. The van der Waals surface area contributed by atoms with Gasteiger partial charge in [0, 0.05) is 11.4 Å². The largest absolute Gasteiger partial charge is 0.356 e. The predicted molar refractivity (Wildman–Crippen MR) is 127 cm³/mol. The van der Waals surface area contributed by atoms with Crippen molar-refractivity contribution in [2.75, 3.05) is 5.32 Å². The third-order valence-electron chi connectivity index (χ3n) is 4.12. The van der Waals surface area contributed by atoms with Gasteiger partial charge in [-0.15, -0.1) is 0 Å². The molecule has 0 aliphatic rings. The molecule has 0 aliphatic heterocycles. The number of hydrogen-bond donors (Lipinski definition) is 1. The van der Waals surface area contributed by atoms with E-state index in [4.69, 9.17) is 0 Å². The van der Waals surface area contributed by atoms with E-state index in [1.54, 1.807) is 0 Å². The quantitative estimate of drug-likeness (QED) is 0.350. The van der Waals surface area contributed by atoms with Gasteiger partial charge in [-0.05, 0) is 35.4 Å². The third-order valence-corrected chi connectivity index (χ3v) is 4.12. The van der Waals surface area contributed by atoms with Crippen LogP contribution < -0.4 is 5.32 Å². The van der Waals surface area contributed by atoms with Crippen LogP contribution in [0.15, 0.2) is 133 Å². The molecule has 29 heavy (non-hydrogen) atoms. The molecular formula is C28H25N. The first-order valence-electron chi connectivity index (χ1n) is 9.72. The Kier molecular flexibility index (Phi) is 8.09. The van der Waals surface area contributed by atoms with Crippen molar-refractivity contribution < 1.29 is 0 Å². The molecule has 0 aliphatic carbocycles. The molecule has 0 amide bonds. The summed E-state index contributed by atoms with van der Waals surface area (Å²) in [5.74, 6) is 0. The molecule has 0 bridgehead atoms. The summed E-state index contributed by atoms with van der Waals surface area (Å²) in [7, 11) is 0. The number of rotatable bonds is 5. The van der Waals surface area contributed by atoms with E-state index in [0.29, 0.717) is 0 Å². The number of hydrogen-bond acceptors (Lipinski definition) is 1. The zero-order chi connectivity index (χ0) is 20.0. The van der Waals surface area contributed by atoms with E-state index in [1.807, 2.05) is 97.1 Å². The molecule has 1 heteroatoms. The lowest BCUT2D eigenvalue weighted by Gasteiger charge is -2.04. The Balaban J connectivity index is 0.000000169. The monoisotopic (exact) mass is 375 g/mol. The van der Waals surface area contributed by atoms with Crippen LogP contribution in [-0.4, -0.2) is 0 Å². The van der Waals surface area contributed by atoms with Gasteiger partial charge >= 0.3 is 0 Å². The van der Waals surface area contributed by atoms with Crippen molar-refractivity contribution in [1.82, 2.24) is 0 Å². The predicted octanol–water partition coefficient (Wildman–Crippen LogP) is 7.84. The summed E-state index contributed by atoms with van der Waals surface area (Å²) in [6.45, 7) is 0. The number of allylic oxidation sites excluding steroid dienone is 2. The van der Waals surface area contributed by atoms with E-state index >= 15 is 0 Å². The average molecular weight is 376 g/mol. The van der Waals surface area contributed by atoms with Crippen LogP contribution >= 0.6 is 0 Å². The van der Waals surface area contributed by atoms with Crippen LogP contribution in [0.1, 0.15) is 11.1 Å². The van der Waals surface area contributed by atoms with Gasteiger partial charge in [0.1, 0.15) is 0 Å². The summed E-state index contributed by atoms with van der Waals surface area (Å²) in [6.07, 6.45) is 8.31. The highest BCUT2D eigenvalue weighted by atomic mass is 14.9. The Morgan fingerprint density at radius 3 is 1.03 bits per heavy atom. The fourth-order valence-electron chi connectivity index (χ4n) is 2.67. The summed E-state index contributed by atoms with van der Waals surface area (Å²) in [6, 6.07) is 40.9. The van der Waals surface area contributed by atoms with Gasteiger partial charge in [0.2, 0.25) is 0 Å². The van der Waals surface area contributed by atoms with Gasteiger partial charge in [0.15, 0.2) is 0 Å². The van der Waals surface area contributed by atoms with E-state index in [0.717, 1.165) is 11.4 Å². The molecule has 0 spiro atoms. The molecule has 0 saturated heterocycles. The number of nitrogens with one attached hydrogen (secondary N) is 1. The van der Waals surface area contributed by atoms with Crippen LogP contribution in [0.3, 0.4) is 0 Å². The summed E-state index contributed by atoms with van der Waals surface area (Å²) < 4.78 is 0. The molecule has 0 atom stereocenters. The number of benzene rings is 4. The van der Waals surface area contributed by atoms with Gasteiger partial charge in [-0.1, -0.05) is 121 Å². The number of anilines is 2. The zero-order valence-corrected chi connectivity index (χ0v) is 16.4. The molecule has 0 unspecified atom stereocenters. The van der Waals surface area contributed by atoms with Gasteiger partial charge in [0.25, 0.3) is 0 Å². The molecule has 142 valence electrons. The van der Waals surface area contributed by atoms with Crippen LogP contribution in [0, 0.1) is 0 Å². The molecule has 4 aromatic rings. The van der Waals surface area contributed by atoms with Crippen molar-refractivity contribution >= 4 is 23.5 Å². The van der Waals surface area contributed by atoms with Crippen LogP contribution in [0.5, 0.6) is 0 Å². The maximum absolute atomic E-state index is 3.30. The molecule has 0 heterocycles. The highest BCUT2D eigenvalue weighted by Crippen LogP contribution is 2.14. The van der Waals surface area contributed by atoms with Gasteiger partial charge in [-0.25, -0.2) is 0 Å². The first-order chi connectivity index (χ1) is 14.4.